The molecule has 1 saturated carbocycles. The summed E-state index contributed by atoms with van der Waals surface area (Å²) in [7, 11) is -2.93. The Morgan fingerprint density at radius 1 is 1.38 bits per heavy atom. The second-order valence-corrected chi connectivity index (χ2v) is 5.98. The quantitative estimate of drug-likeness (QED) is 0.773. The van der Waals surface area contributed by atoms with Gasteiger partial charge in [-0.05, 0) is 40.0 Å². The van der Waals surface area contributed by atoms with Crippen molar-refractivity contribution in [2.75, 3.05) is 0 Å². The zero-order chi connectivity index (χ0) is 12.6. The molecule has 0 aromatic carbocycles. The van der Waals surface area contributed by atoms with Crippen molar-refractivity contribution < 1.29 is 17.9 Å². The van der Waals surface area contributed by atoms with Crippen LogP contribution in [-0.4, -0.2) is 30.0 Å². The molecule has 1 aliphatic rings. The summed E-state index contributed by atoms with van der Waals surface area (Å²) in [6, 6.07) is 0. The molecule has 0 aromatic rings. The Morgan fingerprint density at radius 3 is 2.12 bits per heavy atom. The highest BCUT2D eigenvalue weighted by Crippen LogP contribution is 2.45. The molecule has 5 nitrogen and oxygen atoms in total. The largest absolute Gasteiger partial charge is 0.443 e. The maximum atomic E-state index is 11.8. The van der Waals surface area contributed by atoms with Crippen LogP contribution in [0.5, 0.6) is 0 Å². The SMILES string of the molecule is CCC1(N(C(=O)OC(C)(C)C)[SH](=O)=O)CC1. The van der Waals surface area contributed by atoms with Crippen molar-refractivity contribution in [1.82, 2.24) is 4.31 Å². The van der Waals surface area contributed by atoms with E-state index in [9.17, 15) is 13.2 Å². The lowest BCUT2D eigenvalue weighted by molar-refractivity contribution is 0.0323. The molecular formula is C10H19NO4S. The fraction of sp³-hybridized carbons (Fsp3) is 0.900. The van der Waals surface area contributed by atoms with Crippen LogP contribution < -0.4 is 0 Å². The summed E-state index contributed by atoms with van der Waals surface area (Å²) in [4.78, 5) is 11.8. The fourth-order valence-electron chi connectivity index (χ4n) is 1.60. The monoisotopic (exact) mass is 249 g/mol. The Labute approximate surface area is 97.8 Å². The van der Waals surface area contributed by atoms with Crippen molar-refractivity contribution in [2.24, 2.45) is 0 Å². The normalized spacial score (nSPS) is 18.3. The molecule has 0 spiro atoms. The topological polar surface area (TPSA) is 63.7 Å². The molecule has 16 heavy (non-hydrogen) atoms. The predicted octanol–water partition coefficient (Wildman–Crippen LogP) is 1.69. The number of hydrogen-bond donors (Lipinski definition) is 1. The molecule has 0 bridgehead atoms. The van der Waals surface area contributed by atoms with Crippen LogP contribution in [0.2, 0.25) is 0 Å². The number of ether oxygens (including phenoxy) is 1. The predicted molar refractivity (Wildman–Crippen MR) is 60.6 cm³/mol. The van der Waals surface area contributed by atoms with E-state index in [-0.39, 0.29) is 0 Å². The molecule has 0 aromatic heterocycles. The molecule has 94 valence electrons. The van der Waals surface area contributed by atoms with Gasteiger partial charge in [0.2, 0.25) is 10.9 Å². The van der Waals surface area contributed by atoms with Crippen LogP contribution >= 0.6 is 0 Å². The van der Waals surface area contributed by atoms with E-state index in [1.807, 2.05) is 6.92 Å². The van der Waals surface area contributed by atoms with Gasteiger partial charge in [-0.15, -0.1) is 0 Å². The van der Waals surface area contributed by atoms with E-state index in [4.69, 9.17) is 4.74 Å². The number of rotatable bonds is 3. The summed E-state index contributed by atoms with van der Waals surface area (Å²) < 4.78 is 28.2. The summed E-state index contributed by atoms with van der Waals surface area (Å²) in [5.41, 5.74) is -1.19. The molecule has 1 fully saturated rings. The van der Waals surface area contributed by atoms with Crippen LogP contribution in [0.3, 0.4) is 0 Å². The first kappa shape index (κ1) is 13.3. The molecule has 0 unspecified atom stereocenters. The number of hydrogen-bond acceptors (Lipinski definition) is 4. The third-order valence-electron chi connectivity index (χ3n) is 2.66. The van der Waals surface area contributed by atoms with Crippen LogP contribution in [0.4, 0.5) is 4.79 Å². The van der Waals surface area contributed by atoms with Crippen molar-refractivity contribution >= 4 is 17.0 Å². The first-order chi connectivity index (χ1) is 7.22. The summed E-state index contributed by atoms with van der Waals surface area (Å²) in [6.45, 7) is 7.02. The van der Waals surface area contributed by atoms with Gasteiger partial charge in [-0.2, -0.15) is 0 Å². The Bertz CT molecular complexity index is 344. The second kappa shape index (κ2) is 4.24. The molecule has 0 aliphatic heterocycles. The van der Waals surface area contributed by atoms with Gasteiger partial charge < -0.3 is 4.74 Å². The highest BCUT2D eigenvalue weighted by molar-refractivity contribution is 7.70. The fourth-order valence-corrected chi connectivity index (χ4v) is 2.46. The summed E-state index contributed by atoms with van der Waals surface area (Å²) in [6.07, 6.45) is 1.33. The lowest BCUT2D eigenvalue weighted by Crippen LogP contribution is -2.43. The molecule has 0 N–H and O–H groups in total. The van der Waals surface area contributed by atoms with E-state index < -0.39 is 28.1 Å². The Balaban J connectivity index is 2.84. The van der Waals surface area contributed by atoms with E-state index in [2.05, 4.69) is 0 Å². The number of nitrogens with zero attached hydrogens (tertiary/aromatic N) is 1. The van der Waals surface area contributed by atoms with Crippen molar-refractivity contribution in [2.45, 2.75) is 58.1 Å². The lowest BCUT2D eigenvalue weighted by atomic mass is 10.2. The number of carbonyl (C=O) groups excluding carboxylic acids is 1. The highest BCUT2D eigenvalue weighted by atomic mass is 32.2. The minimum Gasteiger partial charge on any atom is -0.443 e. The van der Waals surface area contributed by atoms with E-state index in [1.54, 1.807) is 20.8 Å². The zero-order valence-corrected chi connectivity index (χ0v) is 11.0. The van der Waals surface area contributed by atoms with Crippen LogP contribution in [0.25, 0.3) is 0 Å². The summed E-state index contributed by atoms with van der Waals surface area (Å²) in [5, 5.41) is 0. The van der Waals surface area contributed by atoms with E-state index in [0.717, 1.165) is 17.1 Å². The van der Waals surface area contributed by atoms with Crippen LogP contribution in [0.15, 0.2) is 0 Å². The van der Waals surface area contributed by atoms with Gasteiger partial charge in [0.25, 0.3) is 0 Å². The minimum absolute atomic E-state index is 0.516. The maximum absolute atomic E-state index is 11.8. The molecule has 0 heterocycles. The number of carbonyl (C=O) groups is 1. The average molecular weight is 249 g/mol. The van der Waals surface area contributed by atoms with Crippen molar-refractivity contribution in [3.63, 3.8) is 0 Å². The van der Waals surface area contributed by atoms with Gasteiger partial charge in [0.15, 0.2) is 0 Å². The second-order valence-electron chi connectivity index (χ2n) is 5.11. The summed E-state index contributed by atoms with van der Waals surface area (Å²) in [5.74, 6) is 0. The first-order valence-corrected chi connectivity index (χ1v) is 6.52. The third-order valence-corrected chi connectivity index (χ3v) is 3.58. The van der Waals surface area contributed by atoms with Crippen molar-refractivity contribution in [3.05, 3.63) is 0 Å². The molecule has 1 aliphatic carbocycles. The Kier molecular flexibility index (Phi) is 3.52. The van der Waals surface area contributed by atoms with E-state index in [0.29, 0.717) is 6.42 Å². The standard InChI is InChI=1S/C10H19NO4S/c1-5-10(6-7-10)11(16(13)14)8(12)15-9(2,3)4/h16H,5-7H2,1-4H3. The van der Waals surface area contributed by atoms with Crippen LogP contribution in [-0.2, 0) is 15.6 Å². The zero-order valence-electron chi connectivity index (χ0n) is 10.1. The Hall–Kier alpha value is -0.780. The molecular weight excluding hydrogens is 230 g/mol. The smallest absolute Gasteiger partial charge is 0.424 e. The molecule has 1 rings (SSSR count). The van der Waals surface area contributed by atoms with E-state index in [1.165, 1.54) is 0 Å². The van der Waals surface area contributed by atoms with Gasteiger partial charge in [-0.1, -0.05) is 6.92 Å². The summed E-state index contributed by atoms with van der Waals surface area (Å²) >= 11 is 0. The van der Waals surface area contributed by atoms with Gasteiger partial charge in [0.05, 0.1) is 5.54 Å². The van der Waals surface area contributed by atoms with Gasteiger partial charge >= 0.3 is 6.09 Å². The van der Waals surface area contributed by atoms with Gasteiger partial charge in [-0.25, -0.2) is 17.5 Å². The molecule has 0 atom stereocenters. The Morgan fingerprint density at radius 2 is 1.88 bits per heavy atom. The number of amides is 1. The average Bonchev–Trinajstić information content (AvgIpc) is 2.81. The lowest BCUT2D eigenvalue weighted by Gasteiger charge is -2.28. The van der Waals surface area contributed by atoms with Crippen LogP contribution in [0.1, 0.15) is 47.0 Å². The highest BCUT2D eigenvalue weighted by Gasteiger charge is 2.51. The molecule has 6 heteroatoms. The van der Waals surface area contributed by atoms with Crippen molar-refractivity contribution in [3.8, 4) is 0 Å². The maximum Gasteiger partial charge on any atom is 0.424 e. The van der Waals surface area contributed by atoms with Gasteiger partial charge in [0, 0.05) is 0 Å². The molecule has 0 radical (unpaired) electrons. The van der Waals surface area contributed by atoms with Crippen molar-refractivity contribution in [1.29, 1.82) is 0 Å². The number of thiol groups is 1. The molecule has 0 saturated heterocycles. The molecule has 1 amide bonds. The van der Waals surface area contributed by atoms with E-state index >= 15 is 0 Å². The van der Waals surface area contributed by atoms with Crippen LogP contribution in [0, 0.1) is 0 Å². The van der Waals surface area contributed by atoms with Gasteiger partial charge in [0.1, 0.15) is 5.60 Å². The third kappa shape index (κ3) is 2.87. The minimum atomic E-state index is -2.93. The van der Waals surface area contributed by atoms with Gasteiger partial charge in [-0.3, -0.25) is 0 Å². The first-order valence-electron chi connectivity index (χ1n) is 5.39.